The van der Waals surface area contributed by atoms with E-state index in [4.69, 9.17) is 4.74 Å². The van der Waals surface area contributed by atoms with E-state index < -0.39 is 0 Å². The third-order valence-electron chi connectivity index (χ3n) is 1.07. The van der Waals surface area contributed by atoms with E-state index in [1.54, 1.807) is 6.92 Å². The Balaban J connectivity index is 2.96. The van der Waals surface area contributed by atoms with Crippen LogP contribution in [-0.4, -0.2) is 19.0 Å². The van der Waals surface area contributed by atoms with Crippen molar-refractivity contribution in [1.29, 1.82) is 0 Å². The standard InChI is InChI=1S/C7H14O2/c1-3-4-5-9-7(2)6-8/h6-7H,3-5H2,1-2H3. The van der Waals surface area contributed by atoms with Crippen molar-refractivity contribution >= 4 is 6.29 Å². The fourth-order valence-electron chi connectivity index (χ4n) is 0.453. The number of hydrogen-bond acceptors (Lipinski definition) is 2. The first-order valence-corrected chi connectivity index (χ1v) is 3.38. The molecule has 9 heavy (non-hydrogen) atoms. The molecule has 0 aromatic rings. The minimum Gasteiger partial charge on any atom is -0.371 e. The van der Waals surface area contributed by atoms with Gasteiger partial charge >= 0.3 is 0 Å². The number of hydrogen-bond donors (Lipinski definition) is 0. The molecular formula is C7H14O2. The van der Waals surface area contributed by atoms with Crippen molar-refractivity contribution in [3.63, 3.8) is 0 Å². The molecule has 1 unspecified atom stereocenters. The van der Waals surface area contributed by atoms with Crippen LogP contribution in [0.5, 0.6) is 0 Å². The van der Waals surface area contributed by atoms with Gasteiger partial charge in [-0.05, 0) is 13.3 Å². The maximum Gasteiger partial charge on any atom is 0.148 e. The Morgan fingerprint density at radius 1 is 1.67 bits per heavy atom. The minimum atomic E-state index is -0.225. The lowest BCUT2D eigenvalue weighted by Gasteiger charge is -2.03. The summed E-state index contributed by atoms with van der Waals surface area (Å²) in [5, 5.41) is 0. The number of rotatable bonds is 5. The molecule has 0 bridgehead atoms. The van der Waals surface area contributed by atoms with Crippen molar-refractivity contribution in [3.05, 3.63) is 0 Å². The summed E-state index contributed by atoms with van der Waals surface area (Å²) in [5.74, 6) is 0. The van der Waals surface area contributed by atoms with Gasteiger partial charge in [-0.2, -0.15) is 0 Å². The summed E-state index contributed by atoms with van der Waals surface area (Å²) in [7, 11) is 0. The SMILES string of the molecule is CCCCOC(C)C=O. The quantitative estimate of drug-likeness (QED) is 0.415. The van der Waals surface area contributed by atoms with Gasteiger partial charge in [0, 0.05) is 6.61 Å². The van der Waals surface area contributed by atoms with Crippen LogP contribution in [0.15, 0.2) is 0 Å². The largest absolute Gasteiger partial charge is 0.371 e. The van der Waals surface area contributed by atoms with Gasteiger partial charge in [-0.3, -0.25) is 0 Å². The molecular weight excluding hydrogens is 116 g/mol. The number of unbranched alkanes of at least 4 members (excludes halogenated alkanes) is 1. The first-order chi connectivity index (χ1) is 4.31. The number of carbonyl (C=O) groups is 1. The van der Waals surface area contributed by atoms with Crippen LogP contribution < -0.4 is 0 Å². The van der Waals surface area contributed by atoms with Gasteiger partial charge in [-0.1, -0.05) is 13.3 Å². The zero-order chi connectivity index (χ0) is 7.11. The molecule has 0 aliphatic carbocycles. The zero-order valence-corrected chi connectivity index (χ0v) is 6.09. The van der Waals surface area contributed by atoms with Crippen LogP contribution in [0.4, 0.5) is 0 Å². The molecule has 0 aromatic carbocycles. The Morgan fingerprint density at radius 2 is 2.33 bits per heavy atom. The van der Waals surface area contributed by atoms with E-state index in [1.807, 2.05) is 0 Å². The van der Waals surface area contributed by atoms with Crippen molar-refractivity contribution in [2.45, 2.75) is 32.8 Å². The van der Waals surface area contributed by atoms with E-state index in [1.165, 1.54) is 0 Å². The minimum absolute atomic E-state index is 0.225. The van der Waals surface area contributed by atoms with Crippen LogP contribution in [-0.2, 0) is 9.53 Å². The van der Waals surface area contributed by atoms with Crippen molar-refractivity contribution in [1.82, 2.24) is 0 Å². The molecule has 0 rings (SSSR count). The molecule has 54 valence electrons. The van der Waals surface area contributed by atoms with Gasteiger partial charge in [0.15, 0.2) is 0 Å². The Kier molecular flexibility index (Phi) is 5.52. The fourth-order valence-corrected chi connectivity index (χ4v) is 0.453. The third-order valence-corrected chi connectivity index (χ3v) is 1.07. The van der Waals surface area contributed by atoms with Gasteiger partial charge in [0.25, 0.3) is 0 Å². The molecule has 2 nitrogen and oxygen atoms in total. The summed E-state index contributed by atoms with van der Waals surface area (Å²) in [6.07, 6.45) is 2.75. The number of carbonyl (C=O) groups excluding carboxylic acids is 1. The van der Waals surface area contributed by atoms with Gasteiger partial charge in [-0.25, -0.2) is 0 Å². The smallest absolute Gasteiger partial charge is 0.148 e. The molecule has 0 N–H and O–H groups in total. The van der Waals surface area contributed by atoms with E-state index in [-0.39, 0.29) is 6.10 Å². The van der Waals surface area contributed by atoms with E-state index in [2.05, 4.69) is 6.92 Å². The molecule has 2 heteroatoms. The number of ether oxygens (including phenoxy) is 1. The summed E-state index contributed by atoms with van der Waals surface area (Å²) in [4.78, 5) is 9.97. The first kappa shape index (κ1) is 8.63. The van der Waals surface area contributed by atoms with Gasteiger partial charge in [-0.15, -0.1) is 0 Å². The molecule has 1 atom stereocenters. The first-order valence-electron chi connectivity index (χ1n) is 3.38. The zero-order valence-electron chi connectivity index (χ0n) is 6.09. The van der Waals surface area contributed by atoms with E-state index in [0.29, 0.717) is 6.61 Å². The second-order valence-electron chi connectivity index (χ2n) is 2.07. The third kappa shape index (κ3) is 5.50. The fraction of sp³-hybridized carbons (Fsp3) is 0.857. The molecule has 0 saturated carbocycles. The predicted octanol–water partition coefficient (Wildman–Crippen LogP) is 1.39. The Morgan fingerprint density at radius 3 is 2.78 bits per heavy atom. The van der Waals surface area contributed by atoms with Crippen LogP contribution in [0.25, 0.3) is 0 Å². The summed E-state index contributed by atoms with van der Waals surface area (Å²) in [5.41, 5.74) is 0. The highest BCUT2D eigenvalue weighted by molar-refractivity contribution is 5.54. The molecule has 0 aromatic heterocycles. The molecule has 0 aliphatic rings. The highest BCUT2D eigenvalue weighted by Crippen LogP contribution is 1.91. The highest BCUT2D eigenvalue weighted by atomic mass is 16.5. The topological polar surface area (TPSA) is 26.3 Å². The van der Waals surface area contributed by atoms with E-state index in [0.717, 1.165) is 19.1 Å². The molecule has 0 aliphatic heterocycles. The Bertz CT molecular complexity index is 71.3. The van der Waals surface area contributed by atoms with Crippen molar-refractivity contribution in [2.75, 3.05) is 6.61 Å². The molecule has 0 saturated heterocycles. The normalized spacial score (nSPS) is 13.1. The number of aldehydes is 1. The van der Waals surface area contributed by atoms with Crippen LogP contribution in [0, 0.1) is 0 Å². The van der Waals surface area contributed by atoms with Crippen LogP contribution in [0.3, 0.4) is 0 Å². The van der Waals surface area contributed by atoms with Crippen molar-refractivity contribution < 1.29 is 9.53 Å². The summed E-state index contributed by atoms with van der Waals surface area (Å²) in [6, 6.07) is 0. The Hall–Kier alpha value is -0.370. The lowest BCUT2D eigenvalue weighted by molar-refractivity contribution is -0.117. The Labute approximate surface area is 56.2 Å². The molecule has 0 heterocycles. The molecule has 0 radical (unpaired) electrons. The van der Waals surface area contributed by atoms with E-state index >= 15 is 0 Å². The van der Waals surface area contributed by atoms with Gasteiger partial charge in [0.2, 0.25) is 0 Å². The van der Waals surface area contributed by atoms with Crippen molar-refractivity contribution in [2.24, 2.45) is 0 Å². The van der Waals surface area contributed by atoms with Crippen molar-refractivity contribution in [3.8, 4) is 0 Å². The average molecular weight is 130 g/mol. The average Bonchev–Trinajstić information content (AvgIpc) is 1.89. The molecule has 0 fully saturated rings. The van der Waals surface area contributed by atoms with Gasteiger partial charge < -0.3 is 9.53 Å². The van der Waals surface area contributed by atoms with Crippen LogP contribution >= 0.6 is 0 Å². The predicted molar refractivity (Wildman–Crippen MR) is 36.4 cm³/mol. The lowest BCUT2D eigenvalue weighted by Crippen LogP contribution is -2.09. The second kappa shape index (κ2) is 5.76. The summed E-state index contributed by atoms with van der Waals surface area (Å²) < 4.78 is 5.06. The molecule has 0 spiro atoms. The molecule has 0 amide bonds. The lowest BCUT2D eigenvalue weighted by atomic mass is 10.3. The van der Waals surface area contributed by atoms with Gasteiger partial charge in [0.1, 0.15) is 12.4 Å². The van der Waals surface area contributed by atoms with Crippen LogP contribution in [0.2, 0.25) is 0 Å². The van der Waals surface area contributed by atoms with E-state index in [9.17, 15) is 4.79 Å². The highest BCUT2D eigenvalue weighted by Gasteiger charge is 1.95. The van der Waals surface area contributed by atoms with Crippen LogP contribution in [0.1, 0.15) is 26.7 Å². The summed E-state index contributed by atoms with van der Waals surface area (Å²) in [6.45, 7) is 4.55. The monoisotopic (exact) mass is 130 g/mol. The second-order valence-corrected chi connectivity index (χ2v) is 2.07. The maximum atomic E-state index is 9.97. The van der Waals surface area contributed by atoms with Gasteiger partial charge in [0.05, 0.1) is 0 Å². The maximum absolute atomic E-state index is 9.97. The summed E-state index contributed by atoms with van der Waals surface area (Å²) >= 11 is 0.